The van der Waals surface area contributed by atoms with Crippen LogP contribution in [0.5, 0.6) is 5.75 Å². The summed E-state index contributed by atoms with van der Waals surface area (Å²) in [6.07, 6.45) is 0. The third-order valence-corrected chi connectivity index (χ3v) is 3.77. The smallest absolute Gasteiger partial charge is 0.279 e. The average Bonchev–Trinajstić information content (AvgIpc) is 2.55. The molecule has 2 aromatic carbocycles. The summed E-state index contributed by atoms with van der Waals surface area (Å²) in [7, 11) is 0. The lowest BCUT2D eigenvalue weighted by Crippen LogP contribution is -2.86. The van der Waals surface area contributed by atoms with E-state index in [-0.39, 0.29) is 11.9 Å². The van der Waals surface area contributed by atoms with E-state index in [1.54, 1.807) is 0 Å². The molecule has 2 rings (SSSR count). The fourth-order valence-corrected chi connectivity index (χ4v) is 2.36. The topological polar surface area (TPSA) is 54.9 Å². The van der Waals surface area contributed by atoms with E-state index >= 15 is 0 Å². The van der Waals surface area contributed by atoms with Crippen molar-refractivity contribution in [1.29, 1.82) is 0 Å². The van der Waals surface area contributed by atoms with Gasteiger partial charge in [-0.05, 0) is 38.1 Å². The number of carbonyl (C=O) groups excluding carboxylic acids is 1. The van der Waals surface area contributed by atoms with E-state index in [4.69, 9.17) is 16.3 Å². The van der Waals surface area contributed by atoms with E-state index in [1.807, 2.05) is 60.8 Å². The molecular formula is C18H22ClN2O2+. The molecule has 122 valence electrons. The van der Waals surface area contributed by atoms with Crippen LogP contribution in [0.2, 0.25) is 5.02 Å². The largest absolute Gasteiger partial charge is 0.492 e. The molecule has 23 heavy (non-hydrogen) atoms. The molecule has 4 nitrogen and oxygen atoms in total. The number of hydrogen-bond acceptors (Lipinski definition) is 2. The van der Waals surface area contributed by atoms with Gasteiger partial charge in [0.2, 0.25) is 0 Å². The van der Waals surface area contributed by atoms with E-state index in [0.29, 0.717) is 29.6 Å². The number of amides is 1. The van der Waals surface area contributed by atoms with Gasteiger partial charge in [-0.1, -0.05) is 35.9 Å². The van der Waals surface area contributed by atoms with Crippen LogP contribution in [-0.4, -0.2) is 19.1 Å². The normalized spacial score (nSPS) is 11.8. The van der Waals surface area contributed by atoms with Crippen LogP contribution >= 0.6 is 11.6 Å². The van der Waals surface area contributed by atoms with Gasteiger partial charge >= 0.3 is 0 Å². The molecule has 0 aromatic heterocycles. The third kappa shape index (κ3) is 5.27. The molecule has 3 N–H and O–H groups in total. The summed E-state index contributed by atoms with van der Waals surface area (Å²) in [6.45, 7) is 4.88. The summed E-state index contributed by atoms with van der Waals surface area (Å²) in [5.41, 5.74) is 1.84. The maximum atomic E-state index is 12.1. The Morgan fingerprint density at radius 2 is 1.91 bits per heavy atom. The van der Waals surface area contributed by atoms with Gasteiger partial charge in [0.15, 0.2) is 6.54 Å². The maximum Gasteiger partial charge on any atom is 0.279 e. The van der Waals surface area contributed by atoms with Crippen molar-refractivity contribution >= 4 is 23.2 Å². The fraction of sp³-hybridized carbons (Fsp3) is 0.278. The van der Waals surface area contributed by atoms with Crippen LogP contribution in [0.1, 0.15) is 25.5 Å². The van der Waals surface area contributed by atoms with E-state index in [1.165, 1.54) is 0 Å². The third-order valence-electron chi connectivity index (χ3n) is 3.51. The number of anilines is 1. The molecule has 1 amide bonds. The molecule has 0 unspecified atom stereocenters. The Labute approximate surface area is 141 Å². The highest BCUT2D eigenvalue weighted by Gasteiger charge is 2.13. The number of quaternary nitrogens is 1. The molecule has 2 aromatic rings. The minimum absolute atomic E-state index is 0.0574. The summed E-state index contributed by atoms with van der Waals surface area (Å²) in [6, 6.07) is 15.3. The molecular weight excluding hydrogens is 312 g/mol. The highest BCUT2D eigenvalue weighted by atomic mass is 35.5. The zero-order valence-electron chi connectivity index (χ0n) is 13.4. The molecule has 0 spiro atoms. The second-order valence-electron chi connectivity index (χ2n) is 5.26. The van der Waals surface area contributed by atoms with Gasteiger partial charge in [-0.3, -0.25) is 4.79 Å². The van der Waals surface area contributed by atoms with Gasteiger partial charge in [-0.2, -0.15) is 0 Å². The van der Waals surface area contributed by atoms with Crippen LogP contribution in [0, 0.1) is 0 Å². The van der Waals surface area contributed by atoms with Crippen molar-refractivity contribution in [1.82, 2.24) is 0 Å². The van der Waals surface area contributed by atoms with Crippen LogP contribution in [-0.2, 0) is 4.79 Å². The molecule has 5 heteroatoms. The molecule has 0 aliphatic rings. The van der Waals surface area contributed by atoms with Crippen LogP contribution in [0.4, 0.5) is 5.69 Å². The van der Waals surface area contributed by atoms with Gasteiger partial charge in [0, 0.05) is 10.6 Å². The van der Waals surface area contributed by atoms with Gasteiger partial charge in [0.25, 0.3) is 5.91 Å². The monoisotopic (exact) mass is 333 g/mol. The quantitative estimate of drug-likeness (QED) is 0.818. The first kappa shape index (κ1) is 17.3. The predicted octanol–water partition coefficient (Wildman–Crippen LogP) is 3.00. The minimum Gasteiger partial charge on any atom is -0.492 e. The second-order valence-corrected chi connectivity index (χ2v) is 5.69. The van der Waals surface area contributed by atoms with Crippen molar-refractivity contribution in [2.45, 2.75) is 19.9 Å². The van der Waals surface area contributed by atoms with Crippen LogP contribution in [0.3, 0.4) is 0 Å². The molecule has 1 atom stereocenters. The first-order valence-electron chi connectivity index (χ1n) is 7.70. The summed E-state index contributed by atoms with van der Waals surface area (Å²) in [4.78, 5) is 12.1. The van der Waals surface area contributed by atoms with Crippen molar-refractivity contribution in [3.05, 3.63) is 59.1 Å². The number of rotatable bonds is 7. The molecule has 0 saturated heterocycles. The van der Waals surface area contributed by atoms with Gasteiger partial charge < -0.3 is 15.4 Å². The number of ether oxygens (including phenoxy) is 1. The zero-order chi connectivity index (χ0) is 16.7. The lowest BCUT2D eigenvalue weighted by molar-refractivity contribution is -0.682. The Bertz CT molecular complexity index is 644. The Morgan fingerprint density at radius 3 is 2.61 bits per heavy atom. The van der Waals surface area contributed by atoms with Gasteiger partial charge in [-0.25, -0.2) is 0 Å². The van der Waals surface area contributed by atoms with Gasteiger partial charge in [0.1, 0.15) is 11.8 Å². The van der Waals surface area contributed by atoms with E-state index in [0.717, 1.165) is 5.56 Å². The highest BCUT2D eigenvalue weighted by Crippen LogP contribution is 2.23. The highest BCUT2D eigenvalue weighted by molar-refractivity contribution is 6.30. The Hall–Kier alpha value is -2.04. The number of nitrogens with one attached hydrogen (secondary N) is 1. The van der Waals surface area contributed by atoms with Crippen LogP contribution in [0.25, 0.3) is 0 Å². The fourth-order valence-electron chi connectivity index (χ4n) is 2.24. The molecule has 0 aliphatic heterocycles. The van der Waals surface area contributed by atoms with Crippen LogP contribution in [0.15, 0.2) is 48.5 Å². The number of halogens is 1. The predicted molar refractivity (Wildman–Crippen MR) is 92.9 cm³/mol. The molecule has 0 fully saturated rings. The summed E-state index contributed by atoms with van der Waals surface area (Å²) >= 11 is 5.89. The second kappa shape index (κ2) is 8.56. The number of para-hydroxylation sites is 2. The van der Waals surface area contributed by atoms with Crippen molar-refractivity contribution in [3.8, 4) is 5.75 Å². The number of carbonyl (C=O) groups is 1. The molecule has 0 saturated carbocycles. The van der Waals surface area contributed by atoms with Crippen molar-refractivity contribution < 1.29 is 14.8 Å². The minimum atomic E-state index is -0.0574. The van der Waals surface area contributed by atoms with Gasteiger partial charge in [0.05, 0.1) is 12.3 Å². The first-order valence-corrected chi connectivity index (χ1v) is 8.08. The summed E-state index contributed by atoms with van der Waals surface area (Å²) < 4.78 is 5.51. The van der Waals surface area contributed by atoms with Crippen molar-refractivity contribution in [2.24, 2.45) is 0 Å². The van der Waals surface area contributed by atoms with E-state index in [2.05, 4.69) is 12.2 Å². The van der Waals surface area contributed by atoms with E-state index in [9.17, 15) is 4.79 Å². The summed E-state index contributed by atoms with van der Waals surface area (Å²) in [5.74, 6) is 0.632. The molecule has 0 aliphatic carbocycles. The Morgan fingerprint density at radius 1 is 1.22 bits per heavy atom. The molecule has 0 radical (unpaired) electrons. The maximum absolute atomic E-state index is 12.1. The zero-order valence-corrected chi connectivity index (χ0v) is 14.1. The number of hydrogen-bond donors (Lipinski definition) is 2. The van der Waals surface area contributed by atoms with Crippen molar-refractivity contribution in [2.75, 3.05) is 18.5 Å². The Balaban J connectivity index is 1.89. The lowest BCUT2D eigenvalue weighted by Gasteiger charge is -2.13. The molecule has 0 bridgehead atoms. The average molecular weight is 334 g/mol. The lowest BCUT2D eigenvalue weighted by atomic mass is 10.1. The molecule has 0 heterocycles. The first-order chi connectivity index (χ1) is 11.1. The number of nitrogens with two attached hydrogens (primary N) is 1. The standard InChI is InChI=1S/C18H21ClN2O2/c1-3-23-17-7-5-4-6-16(17)21-18(22)12-20-13(2)14-8-10-15(19)11-9-14/h4-11,13,20H,3,12H2,1-2H3,(H,21,22)/p+1/t13-/m1/s1. The van der Waals surface area contributed by atoms with Gasteiger partial charge in [-0.15, -0.1) is 0 Å². The van der Waals surface area contributed by atoms with Crippen LogP contribution < -0.4 is 15.4 Å². The van der Waals surface area contributed by atoms with Crippen molar-refractivity contribution in [3.63, 3.8) is 0 Å². The summed E-state index contributed by atoms with van der Waals surface area (Å²) in [5, 5.41) is 5.60. The van der Waals surface area contributed by atoms with E-state index < -0.39 is 0 Å². The Kier molecular flexibility index (Phi) is 6.44. The number of benzene rings is 2. The SMILES string of the molecule is CCOc1ccccc1NC(=O)C[NH2+][C@H](C)c1ccc(Cl)cc1.